The van der Waals surface area contributed by atoms with E-state index in [9.17, 15) is 9.59 Å². The Hall–Kier alpha value is -1.92. The van der Waals surface area contributed by atoms with Gasteiger partial charge in [-0.3, -0.25) is 9.59 Å². The van der Waals surface area contributed by atoms with Crippen LogP contribution in [0.4, 0.5) is 0 Å². The van der Waals surface area contributed by atoms with Crippen molar-refractivity contribution >= 4 is 11.8 Å². The Bertz CT molecular complexity index is 628. The van der Waals surface area contributed by atoms with E-state index in [2.05, 4.69) is 6.92 Å². The fraction of sp³-hybridized carbons (Fsp3) is 0.600. The van der Waals surface area contributed by atoms with Crippen LogP contribution in [0.1, 0.15) is 53.3 Å². The molecule has 6 nitrogen and oxygen atoms in total. The molecule has 0 aliphatic carbocycles. The Morgan fingerprint density at radius 1 is 1.08 bits per heavy atom. The second kappa shape index (κ2) is 8.18. The van der Waals surface area contributed by atoms with Crippen LogP contribution in [0.3, 0.4) is 0 Å². The van der Waals surface area contributed by atoms with Gasteiger partial charge in [-0.1, -0.05) is 13.3 Å². The van der Waals surface area contributed by atoms with Gasteiger partial charge in [0.05, 0.1) is 13.2 Å². The van der Waals surface area contributed by atoms with E-state index in [0.717, 1.165) is 19.4 Å². The third kappa shape index (κ3) is 4.07. The van der Waals surface area contributed by atoms with Crippen LogP contribution >= 0.6 is 0 Å². The molecule has 0 atom stereocenters. The summed E-state index contributed by atoms with van der Waals surface area (Å²) in [5.41, 5.74) is 1.23. The summed E-state index contributed by atoms with van der Waals surface area (Å²) in [6, 6.07) is 6.98. The molecule has 2 aliphatic heterocycles. The van der Waals surface area contributed by atoms with Crippen LogP contribution in [0.15, 0.2) is 24.3 Å². The van der Waals surface area contributed by atoms with Crippen LogP contribution < -0.4 is 0 Å². The van der Waals surface area contributed by atoms with E-state index in [1.807, 2.05) is 11.9 Å². The first-order chi connectivity index (χ1) is 12.5. The number of hydrogen-bond acceptors (Lipinski definition) is 4. The van der Waals surface area contributed by atoms with Crippen LogP contribution in [0.2, 0.25) is 0 Å². The maximum atomic E-state index is 12.7. The number of ether oxygens (including phenoxy) is 2. The highest BCUT2D eigenvalue weighted by atomic mass is 16.7. The molecule has 2 aliphatic rings. The molecule has 2 fully saturated rings. The fourth-order valence-electron chi connectivity index (χ4n) is 3.49. The molecular weight excluding hydrogens is 332 g/mol. The highest BCUT2D eigenvalue weighted by molar-refractivity contribution is 5.97. The summed E-state index contributed by atoms with van der Waals surface area (Å²) >= 11 is 0. The summed E-state index contributed by atoms with van der Waals surface area (Å²) in [6.07, 6.45) is 3.45. The van der Waals surface area contributed by atoms with Gasteiger partial charge in [0.1, 0.15) is 0 Å². The zero-order valence-electron chi connectivity index (χ0n) is 15.7. The van der Waals surface area contributed by atoms with Crippen LogP contribution in [-0.4, -0.2) is 67.3 Å². The average molecular weight is 360 g/mol. The van der Waals surface area contributed by atoms with Crippen LogP contribution in [0, 0.1) is 0 Å². The van der Waals surface area contributed by atoms with Crippen molar-refractivity contribution in [1.29, 1.82) is 0 Å². The molecule has 3 rings (SSSR count). The third-order valence-corrected chi connectivity index (χ3v) is 5.20. The Labute approximate surface area is 155 Å². The summed E-state index contributed by atoms with van der Waals surface area (Å²) in [5, 5.41) is 0. The van der Waals surface area contributed by atoms with E-state index in [1.165, 1.54) is 0 Å². The van der Waals surface area contributed by atoms with Gasteiger partial charge in [-0.2, -0.15) is 0 Å². The second-order valence-electron chi connectivity index (χ2n) is 7.06. The number of nitrogens with zero attached hydrogens (tertiary/aromatic N) is 2. The quantitative estimate of drug-likeness (QED) is 0.810. The Morgan fingerprint density at radius 2 is 1.65 bits per heavy atom. The lowest BCUT2D eigenvalue weighted by molar-refractivity contribution is -0.181. The zero-order chi connectivity index (χ0) is 18.6. The lowest BCUT2D eigenvalue weighted by Crippen LogP contribution is -2.47. The zero-order valence-corrected chi connectivity index (χ0v) is 15.7. The molecule has 2 amide bonds. The molecule has 1 spiro atoms. The molecule has 0 radical (unpaired) electrons. The van der Waals surface area contributed by atoms with Crippen molar-refractivity contribution in [3.05, 3.63) is 35.4 Å². The topological polar surface area (TPSA) is 59.1 Å². The van der Waals surface area contributed by atoms with Crippen LogP contribution in [0.25, 0.3) is 0 Å². The van der Waals surface area contributed by atoms with Gasteiger partial charge in [-0.15, -0.1) is 0 Å². The molecule has 0 N–H and O–H groups in total. The molecular formula is C20H28N2O4. The number of amides is 2. The Kier molecular flexibility index (Phi) is 5.94. The number of rotatable bonds is 5. The van der Waals surface area contributed by atoms with E-state index in [4.69, 9.17) is 9.47 Å². The third-order valence-electron chi connectivity index (χ3n) is 5.20. The summed E-state index contributed by atoms with van der Waals surface area (Å²) in [7, 11) is 1.81. The molecule has 0 unspecified atom stereocenters. The maximum Gasteiger partial charge on any atom is 0.253 e. The normalized spacial score (nSPS) is 18.9. The van der Waals surface area contributed by atoms with Gasteiger partial charge in [0, 0.05) is 50.7 Å². The average Bonchev–Trinajstić information content (AvgIpc) is 3.13. The highest BCUT2D eigenvalue weighted by Crippen LogP contribution is 2.31. The summed E-state index contributed by atoms with van der Waals surface area (Å²) in [6.45, 7) is 5.37. The lowest BCUT2D eigenvalue weighted by atomic mass is 10.0. The first kappa shape index (κ1) is 18.9. The first-order valence-corrected chi connectivity index (χ1v) is 9.47. The van der Waals surface area contributed by atoms with Crippen molar-refractivity contribution < 1.29 is 19.1 Å². The van der Waals surface area contributed by atoms with Gasteiger partial charge in [0.2, 0.25) is 0 Å². The number of carbonyl (C=O) groups excluding carboxylic acids is 2. The minimum atomic E-state index is -0.476. The van der Waals surface area contributed by atoms with Gasteiger partial charge in [-0.25, -0.2) is 0 Å². The van der Waals surface area contributed by atoms with Crippen LogP contribution in [-0.2, 0) is 9.47 Å². The number of carbonyl (C=O) groups is 2. The van der Waals surface area contributed by atoms with Crippen LogP contribution in [0.5, 0.6) is 0 Å². The predicted octanol–water partition coefficient (Wildman–Crippen LogP) is 2.54. The summed E-state index contributed by atoms with van der Waals surface area (Å²) < 4.78 is 11.4. The molecule has 142 valence electrons. The van der Waals surface area contributed by atoms with Crippen molar-refractivity contribution in [3.8, 4) is 0 Å². The van der Waals surface area contributed by atoms with Crippen molar-refractivity contribution in [3.63, 3.8) is 0 Å². The van der Waals surface area contributed by atoms with Gasteiger partial charge in [0.25, 0.3) is 11.8 Å². The smallest absolute Gasteiger partial charge is 0.253 e. The van der Waals surface area contributed by atoms with E-state index >= 15 is 0 Å². The minimum absolute atomic E-state index is 0.00353. The highest BCUT2D eigenvalue weighted by Gasteiger charge is 2.40. The monoisotopic (exact) mass is 360 g/mol. The Balaban J connectivity index is 1.58. The van der Waals surface area contributed by atoms with Crippen molar-refractivity contribution in [2.75, 3.05) is 39.9 Å². The molecule has 1 aromatic carbocycles. The predicted molar refractivity (Wildman–Crippen MR) is 98.1 cm³/mol. The largest absolute Gasteiger partial charge is 0.347 e. The van der Waals surface area contributed by atoms with Crippen molar-refractivity contribution in [2.45, 2.75) is 38.4 Å². The SMILES string of the molecule is CCCCN(C)C(=O)c1ccc(C(=O)N2CCC3(CC2)OCCO3)cc1. The molecule has 0 bridgehead atoms. The van der Waals surface area contributed by atoms with Gasteiger partial charge in [-0.05, 0) is 30.7 Å². The molecule has 0 aromatic heterocycles. The van der Waals surface area contributed by atoms with Crippen molar-refractivity contribution in [2.24, 2.45) is 0 Å². The number of likely N-dealkylation sites (tertiary alicyclic amines) is 1. The number of benzene rings is 1. The van der Waals surface area contributed by atoms with E-state index in [1.54, 1.807) is 29.2 Å². The lowest BCUT2D eigenvalue weighted by Gasteiger charge is -2.37. The maximum absolute atomic E-state index is 12.7. The Morgan fingerprint density at radius 3 is 2.23 bits per heavy atom. The molecule has 2 saturated heterocycles. The second-order valence-corrected chi connectivity index (χ2v) is 7.06. The summed E-state index contributed by atoms with van der Waals surface area (Å²) in [4.78, 5) is 28.7. The van der Waals surface area contributed by atoms with E-state index in [0.29, 0.717) is 50.3 Å². The molecule has 6 heteroatoms. The van der Waals surface area contributed by atoms with Gasteiger partial charge in [0.15, 0.2) is 5.79 Å². The summed E-state index contributed by atoms with van der Waals surface area (Å²) in [5.74, 6) is -0.486. The molecule has 1 aromatic rings. The number of piperidine rings is 1. The fourth-order valence-corrected chi connectivity index (χ4v) is 3.49. The standard InChI is InChI=1S/C20H28N2O4/c1-3-4-11-21(2)18(23)16-5-7-17(8-6-16)19(24)22-12-9-20(10-13-22)25-14-15-26-20/h5-8H,3-4,9-15H2,1-2H3. The van der Waals surface area contributed by atoms with Gasteiger partial charge < -0.3 is 19.3 Å². The first-order valence-electron chi connectivity index (χ1n) is 9.47. The van der Waals surface area contributed by atoms with E-state index in [-0.39, 0.29) is 11.8 Å². The molecule has 26 heavy (non-hydrogen) atoms. The van der Waals surface area contributed by atoms with Gasteiger partial charge >= 0.3 is 0 Å². The molecule has 2 heterocycles. The minimum Gasteiger partial charge on any atom is -0.347 e. The van der Waals surface area contributed by atoms with E-state index < -0.39 is 5.79 Å². The number of unbranched alkanes of at least 4 members (excludes halogenated alkanes) is 1. The molecule has 0 saturated carbocycles. The van der Waals surface area contributed by atoms with Crippen molar-refractivity contribution in [1.82, 2.24) is 9.80 Å². The number of hydrogen-bond donors (Lipinski definition) is 0.